The average Bonchev–Trinajstić information content (AvgIpc) is 3.31. The molecule has 1 spiro atoms. The van der Waals surface area contributed by atoms with Crippen LogP contribution in [0.3, 0.4) is 0 Å². The molecule has 2 aliphatic heterocycles. The van der Waals surface area contributed by atoms with Crippen molar-refractivity contribution in [2.45, 2.75) is 24.9 Å². The van der Waals surface area contributed by atoms with Crippen LogP contribution >= 0.6 is 11.3 Å². The zero-order chi connectivity index (χ0) is 16.9. The summed E-state index contributed by atoms with van der Waals surface area (Å²) in [5.41, 5.74) is 2.99. The topological polar surface area (TPSA) is 45.3 Å². The van der Waals surface area contributed by atoms with E-state index in [9.17, 15) is 4.79 Å². The van der Waals surface area contributed by atoms with Crippen LogP contribution in [0.15, 0.2) is 41.9 Å². The molecule has 25 heavy (non-hydrogen) atoms. The Morgan fingerprint density at radius 3 is 2.96 bits per heavy atom. The number of fused-ring (bicyclic) bond motifs is 3. The number of carbonyl (C=O) groups excluding carboxylic acids is 1. The Hall–Kier alpha value is -2.11. The van der Waals surface area contributed by atoms with Gasteiger partial charge in [0.25, 0.3) is 5.91 Å². The molecule has 0 unspecified atom stereocenters. The Labute approximate surface area is 150 Å². The molecule has 1 N–H and O–H groups in total. The number of nitrogens with zero attached hydrogens (tertiary/aromatic N) is 1. The van der Waals surface area contributed by atoms with E-state index in [1.165, 1.54) is 10.4 Å². The SMILES string of the molecule is O=C(c1cccc2[nH]ccc12)N1CCC2(CC1)OCCc1sccc12. The van der Waals surface area contributed by atoms with Crippen molar-refractivity contribution in [1.29, 1.82) is 0 Å². The largest absolute Gasteiger partial charge is 0.370 e. The number of hydrogen-bond acceptors (Lipinski definition) is 3. The van der Waals surface area contributed by atoms with Crippen LogP contribution < -0.4 is 0 Å². The minimum absolute atomic E-state index is 0.126. The van der Waals surface area contributed by atoms with Gasteiger partial charge in [-0.3, -0.25) is 4.79 Å². The van der Waals surface area contributed by atoms with E-state index in [1.807, 2.05) is 46.7 Å². The first-order chi connectivity index (χ1) is 12.3. The predicted octanol–water partition coefficient (Wildman–Crippen LogP) is 3.93. The molecular formula is C20H20N2O2S. The summed E-state index contributed by atoms with van der Waals surface area (Å²) >= 11 is 1.84. The lowest BCUT2D eigenvalue weighted by molar-refractivity contribution is -0.0926. The molecule has 4 nitrogen and oxygen atoms in total. The second-order valence-corrected chi connectivity index (χ2v) is 7.89. The van der Waals surface area contributed by atoms with Crippen molar-refractivity contribution in [2.75, 3.05) is 19.7 Å². The van der Waals surface area contributed by atoms with Crippen molar-refractivity contribution in [3.63, 3.8) is 0 Å². The number of aromatic nitrogens is 1. The third-order valence-corrected chi connectivity index (χ3v) is 6.61. The van der Waals surface area contributed by atoms with Crippen molar-refractivity contribution < 1.29 is 9.53 Å². The Bertz CT molecular complexity index is 934. The molecule has 128 valence electrons. The van der Waals surface area contributed by atoms with Gasteiger partial charge in [-0.2, -0.15) is 0 Å². The second kappa shape index (κ2) is 5.71. The highest BCUT2D eigenvalue weighted by atomic mass is 32.1. The molecule has 1 aromatic carbocycles. The highest BCUT2D eigenvalue weighted by molar-refractivity contribution is 7.10. The number of hydrogen-bond donors (Lipinski definition) is 1. The third kappa shape index (κ3) is 2.34. The highest BCUT2D eigenvalue weighted by Crippen LogP contribution is 2.43. The number of H-pyrrole nitrogens is 1. The molecule has 0 bridgehead atoms. The number of carbonyl (C=O) groups is 1. The number of nitrogens with one attached hydrogen (secondary N) is 1. The average molecular weight is 352 g/mol. The van der Waals surface area contributed by atoms with Crippen LogP contribution in [0.25, 0.3) is 10.9 Å². The number of aromatic amines is 1. The minimum Gasteiger partial charge on any atom is -0.370 e. The zero-order valence-electron chi connectivity index (χ0n) is 14.0. The summed E-state index contributed by atoms with van der Waals surface area (Å²) < 4.78 is 6.25. The molecule has 0 saturated carbocycles. The van der Waals surface area contributed by atoms with Crippen LogP contribution in [0.2, 0.25) is 0 Å². The standard InChI is InChI=1S/C20H20N2O2S/c23-19(15-2-1-3-17-14(15)4-9-21-17)22-10-7-20(8-11-22)16-6-13-25-18(16)5-12-24-20/h1-4,6,9,13,21H,5,7-8,10-12H2. The number of thiophene rings is 1. The monoisotopic (exact) mass is 352 g/mol. The molecule has 0 atom stereocenters. The summed E-state index contributed by atoms with van der Waals surface area (Å²) in [7, 11) is 0. The molecule has 5 rings (SSSR count). The maximum absolute atomic E-state index is 13.1. The predicted molar refractivity (Wildman–Crippen MR) is 99.1 cm³/mol. The van der Waals surface area contributed by atoms with Gasteiger partial charge in [0, 0.05) is 47.1 Å². The van der Waals surface area contributed by atoms with E-state index in [0.717, 1.165) is 55.4 Å². The minimum atomic E-state index is -0.176. The van der Waals surface area contributed by atoms with Crippen molar-refractivity contribution in [3.8, 4) is 0 Å². The van der Waals surface area contributed by atoms with Gasteiger partial charge in [0.1, 0.15) is 0 Å². The Balaban J connectivity index is 1.39. The number of ether oxygens (including phenoxy) is 1. The van der Waals surface area contributed by atoms with E-state index < -0.39 is 0 Å². The maximum Gasteiger partial charge on any atom is 0.254 e. The molecule has 0 radical (unpaired) electrons. The number of likely N-dealkylation sites (tertiary alicyclic amines) is 1. The van der Waals surface area contributed by atoms with E-state index in [0.29, 0.717) is 0 Å². The Kier molecular flexibility index (Phi) is 3.47. The lowest BCUT2D eigenvalue weighted by Crippen LogP contribution is -2.48. The summed E-state index contributed by atoms with van der Waals surface area (Å²) in [4.78, 5) is 19.7. The molecule has 4 heterocycles. The molecule has 0 aliphatic carbocycles. The molecule has 2 aliphatic rings. The van der Waals surface area contributed by atoms with Gasteiger partial charge in [-0.05, 0) is 48.1 Å². The molecule has 1 saturated heterocycles. The number of rotatable bonds is 1. The van der Waals surface area contributed by atoms with Crippen LogP contribution in [0.5, 0.6) is 0 Å². The molecule has 5 heteroatoms. The first-order valence-corrected chi connectivity index (χ1v) is 9.71. The van der Waals surface area contributed by atoms with Crippen LogP contribution in [0.4, 0.5) is 0 Å². The molecule has 2 aromatic heterocycles. The van der Waals surface area contributed by atoms with Crippen molar-refractivity contribution >= 4 is 28.1 Å². The van der Waals surface area contributed by atoms with E-state index in [-0.39, 0.29) is 11.5 Å². The fraction of sp³-hybridized carbons (Fsp3) is 0.350. The van der Waals surface area contributed by atoms with Crippen LogP contribution in [0, 0.1) is 0 Å². The van der Waals surface area contributed by atoms with Gasteiger partial charge < -0.3 is 14.6 Å². The lowest BCUT2D eigenvalue weighted by atomic mass is 9.82. The van der Waals surface area contributed by atoms with Gasteiger partial charge in [-0.25, -0.2) is 0 Å². The molecule has 1 amide bonds. The molecule has 3 aromatic rings. The van der Waals surface area contributed by atoms with Gasteiger partial charge in [-0.15, -0.1) is 11.3 Å². The third-order valence-electron chi connectivity index (χ3n) is 5.63. The Morgan fingerprint density at radius 1 is 1.20 bits per heavy atom. The van der Waals surface area contributed by atoms with Crippen molar-refractivity contribution in [1.82, 2.24) is 9.88 Å². The summed E-state index contributed by atoms with van der Waals surface area (Å²) in [5.74, 6) is 0.126. The van der Waals surface area contributed by atoms with Crippen molar-refractivity contribution in [3.05, 3.63) is 57.9 Å². The van der Waals surface area contributed by atoms with E-state index in [1.54, 1.807) is 0 Å². The van der Waals surface area contributed by atoms with Gasteiger partial charge >= 0.3 is 0 Å². The first kappa shape index (κ1) is 15.2. The summed E-state index contributed by atoms with van der Waals surface area (Å²) in [6.45, 7) is 2.29. The first-order valence-electron chi connectivity index (χ1n) is 8.83. The quantitative estimate of drug-likeness (QED) is 0.721. The van der Waals surface area contributed by atoms with Gasteiger partial charge in [0.15, 0.2) is 0 Å². The summed E-state index contributed by atoms with van der Waals surface area (Å²) in [6, 6.07) is 10.1. The molecule has 1 fully saturated rings. The van der Waals surface area contributed by atoms with Crippen LogP contribution in [-0.2, 0) is 16.8 Å². The lowest BCUT2D eigenvalue weighted by Gasteiger charge is -2.44. The summed E-state index contributed by atoms with van der Waals surface area (Å²) in [5, 5.41) is 3.17. The Morgan fingerprint density at radius 2 is 2.08 bits per heavy atom. The number of amides is 1. The zero-order valence-corrected chi connectivity index (χ0v) is 14.8. The fourth-order valence-corrected chi connectivity index (χ4v) is 5.23. The van der Waals surface area contributed by atoms with E-state index in [2.05, 4.69) is 16.4 Å². The highest BCUT2D eigenvalue weighted by Gasteiger charge is 2.42. The van der Waals surface area contributed by atoms with Crippen LogP contribution in [0.1, 0.15) is 33.6 Å². The van der Waals surface area contributed by atoms with E-state index in [4.69, 9.17) is 4.74 Å². The normalized spacial score (nSPS) is 19.3. The number of piperidine rings is 1. The number of benzene rings is 1. The van der Waals surface area contributed by atoms with Gasteiger partial charge in [0.05, 0.1) is 12.2 Å². The second-order valence-electron chi connectivity index (χ2n) is 6.89. The maximum atomic E-state index is 13.1. The smallest absolute Gasteiger partial charge is 0.254 e. The molecular weight excluding hydrogens is 332 g/mol. The summed E-state index contributed by atoms with van der Waals surface area (Å²) in [6.07, 6.45) is 4.67. The van der Waals surface area contributed by atoms with Gasteiger partial charge in [0.2, 0.25) is 0 Å². The van der Waals surface area contributed by atoms with Crippen LogP contribution in [-0.4, -0.2) is 35.5 Å². The fourth-order valence-electron chi connectivity index (χ4n) is 4.28. The van der Waals surface area contributed by atoms with E-state index >= 15 is 0 Å². The van der Waals surface area contributed by atoms with Gasteiger partial charge in [-0.1, -0.05) is 6.07 Å². The van der Waals surface area contributed by atoms with Crippen molar-refractivity contribution in [2.24, 2.45) is 0 Å².